The molecule has 0 amide bonds. The fourth-order valence-electron chi connectivity index (χ4n) is 3.69. The van der Waals surface area contributed by atoms with Gasteiger partial charge in [-0.25, -0.2) is 0 Å². The summed E-state index contributed by atoms with van der Waals surface area (Å²) >= 11 is 0. The van der Waals surface area contributed by atoms with E-state index in [0.29, 0.717) is 5.41 Å². The lowest BCUT2D eigenvalue weighted by Gasteiger charge is -2.38. The Kier molecular flexibility index (Phi) is 8.74. The van der Waals surface area contributed by atoms with Crippen molar-refractivity contribution in [1.82, 2.24) is 10.2 Å². The Morgan fingerprint density at radius 2 is 1.80 bits per heavy atom. The summed E-state index contributed by atoms with van der Waals surface area (Å²) in [6.45, 7) is 10.1. The fraction of sp³-hybridized carbons (Fsp3) is 1.00. The van der Waals surface area contributed by atoms with Gasteiger partial charge < -0.3 is 15.0 Å². The average molecular weight is 284 g/mol. The van der Waals surface area contributed by atoms with Crippen LogP contribution in [0, 0.1) is 11.3 Å². The van der Waals surface area contributed by atoms with Gasteiger partial charge in [-0.2, -0.15) is 0 Å². The highest BCUT2D eigenvalue weighted by molar-refractivity contribution is 4.87. The van der Waals surface area contributed by atoms with Crippen LogP contribution in [0.4, 0.5) is 0 Å². The predicted molar refractivity (Wildman–Crippen MR) is 87.2 cm³/mol. The summed E-state index contributed by atoms with van der Waals surface area (Å²) in [6.07, 6.45) is 8.43. The second kappa shape index (κ2) is 9.75. The van der Waals surface area contributed by atoms with E-state index < -0.39 is 0 Å². The van der Waals surface area contributed by atoms with Crippen LogP contribution in [0.15, 0.2) is 0 Å². The number of rotatable bonds is 9. The summed E-state index contributed by atoms with van der Waals surface area (Å²) in [7, 11) is 3.91. The van der Waals surface area contributed by atoms with E-state index in [-0.39, 0.29) is 0 Å². The Labute approximate surface area is 126 Å². The summed E-state index contributed by atoms with van der Waals surface area (Å²) in [5, 5.41) is 3.46. The minimum Gasteiger partial charge on any atom is -0.383 e. The van der Waals surface area contributed by atoms with E-state index in [0.717, 1.165) is 25.6 Å². The van der Waals surface area contributed by atoms with Gasteiger partial charge in [0.05, 0.1) is 6.61 Å². The number of nitrogens with one attached hydrogen (secondary N) is 1. The quantitative estimate of drug-likeness (QED) is 0.658. The van der Waals surface area contributed by atoms with Crippen LogP contribution in [0.5, 0.6) is 0 Å². The summed E-state index contributed by atoms with van der Waals surface area (Å²) in [5.41, 5.74) is 0.480. The molecule has 0 bridgehead atoms. The van der Waals surface area contributed by atoms with Crippen molar-refractivity contribution in [3.8, 4) is 0 Å². The molecule has 20 heavy (non-hydrogen) atoms. The van der Waals surface area contributed by atoms with Gasteiger partial charge in [-0.3, -0.25) is 0 Å². The van der Waals surface area contributed by atoms with Gasteiger partial charge in [-0.15, -0.1) is 0 Å². The third-order valence-electron chi connectivity index (χ3n) is 4.51. The number of nitrogens with zero attached hydrogens (tertiary/aromatic N) is 1. The summed E-state index contributed by atoms with van der Waals surface area (Å²) in [6, 6.07) is 0. The van der Waals surface area contributed by atoms with Crippen molar-refractivity contribution in [3.63, 3.8) is 0 Å². The van der Waals surface area contributed by atoms with Crippen molar-refractivity contribution in [2.45, 2.75) is 52.4 Å². The molecule has 0 aliphatic heterocycles. The van der Waals surface area contributed by atoms with Crippen molar-refractivity contribution in [2.24, 2.45) is 11.3 Å². The zero-order valence-corrected chi connectivity index (χ0v) is 14.2. The van der Waals surface area contributed by atoms with Crippen LogP contribution in [-0.4, -0.2) is 51.8 Å². The lowest BCUT2D eigenvalue weighted by atomic mass is 9.79. The maximum atomic E-state index is 5.30. The van der Waals surface area contributed by atoms with Crippen LogP contribution in [0.25, 0.3) is 0 Å². The molecule has 0 saturated heterocycles. The molecular weight excluding hydrogens is 248 g/mol. The topological polar surface area (TPSA) is 24.5 Å². The van der Waals surface area contributed by atoms with Crippen LogP contribution in [0.2, 0.25) is 0 Å². The van der Waals surface area contributed by atoms with E-state index in [4.69, 9.17) is 4.74 Å². The van der Waals surface area contributed by atoms with E-state index in [1.807, 2.05) is 7.11 Å². The first-order valence-electron chi connectivity index (χ1n) is 8.48. The molecule has 1 aliphatic rings. The van der Waals surface area contributed by atoms with E-state index in [2.05, 4.69) is 31.1 Å². The summed E-state index contributed by atoms with van der Waals surface area (Å²) in [5.74, 6) is 0.726. The smallest absolute Gasteiger partial charge is 0.0589 e. The zero-order chi connectivity index (χ0) is 14.8. The van der Waals surface area contributed by atoms with Crippen molar-refractivity contribution in [1.29, 1.82) is 0 Å². The molecule has 1 fully saturated rings. The van der Waals surface area contributed by atoms with Crippen LogP contribution in [0.3, 0.4) is 0 Å². The molecule has 0 radical (unpaired) electrons. The van der Waals surface area contributed by atoms with Crippen LogP contribution >= 0.6 is 0 Å². The van der Waals surface area contributed by atoms with Crippen molar-refractivity contribution in [2.75, 3.05) is 46.9 Å². The molecule has 1 rings (SSSR count). The SMILES string of the molecule is CNCC1(CN(CCOC)CC(C)C)CCCCCC1. The molecular formula is C17H36N2O. The highest BCUT2D eigenvalue weighted by atomic mass is 16.5. The Bertz CT molecular complexity index is 235. The molecule has 0 spiro atoms. The maximum absolute atomic E-state index is 5.30. The number of hydrogen-bond acceptors (Lipinski definition) is 3. The standard InChI is InChI=1S/C17H36N2O/c1-16(2)13-19(11-12-20-4)15-17(14-18-3)9-7-5-6-8-10-17/h16,18H,5-15H2,1-4H3. The number of methoxy groups -OCH3 is 1. The van der Waals surface area contributed by atoms with Gasteiger partial charge >= 0.3 is 0 Å². The molecule has 1 saturated carbocycles. The molecule has 0 unspecified atom stereocenters. The van der Waals surface area contributed by atoms with Gasteiger partial charge in [-0.05, 0) is 31.2 Å². The first-order valence-corrected chi connectivity index (χ1v) is 8.48. The van der Waals surface area contributed by atoms with Crippen molar-refractivity contribution in [3.05, 3.63) is 0 Å². The molecule has 120 valence electrons. The molecule has 0 aromatic rings. The largest absolute Gasteiger partial charge is 0.383 e. The van der Waals surface area contributed by atoms with Gasteiger partial charge in [0, 0.05) is 33.3 Å². The Morgan fingerprint density at radius 3 is 2.30 bits per heavy atom. The summed E-state index contributed by atoms with van der Waals surface area (Å²) < 4.78 is 5.30. The van der Waals surface area contributed by atoms with Gasteiger partial charge in [-0.1, -0.05) is 39.5 Å². The Hall–Kier alpha value is -0.120. The van der Waals surface area contributed by atoms with Gasteiger partial charge in [0.1, 0.15) is 0 Å². The molecule has 3 nitrogen and oxygen atoms in total. The van der Waals surface area contributed by atoms with E-state index in [9.17, 15) is 0 Å². The predicted octanol–water partition coefficient (Wildman–Crippen LogP) is 3.15. The normalized spacial score (nSPS) is 19.5. The second-order valence-corrected chi connectivity index (χ2v) is 7.07. The van der Waals surface area contributed by atoms with E-state index in [1.165, 1.54) is 51.6 Å². The zero-order valence-electron chi connectivity index (χ0n) is 14.2. The maximum Gasteiger partial charge on any atom is 0.0589 e. The van der Waals surface area contributed by atoms with Crippen LogP contribution in [0.1, 0.15) is 52.4 Å². The van der Waals surface area contributed by atoms with Gasteiger partial charge in [0.25, 0.3) is 0 Å². The third kappa shape index (κ3) is 6.55. The van der Waals surface area contributed by atoms with Gasteiger partial charge in [0.2, 0.25) is 0 Å². The number of ether oxygens (including phenoxy) is 1. The van der Waals surface area contributed by atoms with E-state index in [1.54, 1.807) is 0 Å². The monoisotopic (exact) mass is 284 g/mol. The van der Waals surface area contributed by atoms with Crippen LogP contribution in [-0.2, 0) is 4.74 Å². The fourth-order valence-corrected chi connectivity index (χ4v) is 3.69. The molecule has 1 N–H and O–H groups in total. The molecule has 0 aromatic carbocycles. The molecule has 0 atom stereocenters. The third-order valence-corrected chi connectivity index (χ3v) is 4.51. The Balaban J connectivity index is 2.66. The highest BCUT2D eigenvalue weighted by Crippen LogP contribution is 2.35. The van der Waals surface area contributed by atoms with Crippen LogP contribution < -0.4 is 5.32 Å². The molecule has 0 aromatic heterocycles. The summed E-state index contributed by atoms with van der Waals surface area (Å²) in [4.78, 5) is 2.64. The second-order valence-electron chi connectivity index (χ2n) is 7.07. The van der Waals surface area contributed by atoms with E-state index >= 15 is 0 Å². The average Bonchev–Trinajstić information content (AvgIpc) is 2.62. The molecule has 1 aliphatic carbocycles. The van der Waals surface area contributed by atoms with Crippen molar-refractivity contribution < 1.29 is 4.74 Å². The minimum atomic E-state index is 0.480. The lowest BCUT2D eigenvalue weighted by Crippen LogP contribution is -2.45. The highest BCUT2D eigenvalue weighted by Gasteiger charge is 2.32. The number of hydrogen-bond donors (Lipinski definition) is 1. The lowest BCUT2D eigenvalue weighted by molar-refractivity contribution is 0.0869. The van der Waals surface area contributed by atoms with Crippen molar-refractivity contribution >= 4 is 0 Å². The minimum absolute atomic E-state index is 0.480. The van der Waals surface area contributed by atoms with Gasteiger partial charge in [0.15, 0.2) is 0 Å². The molecule has 0 heterocycles. The first kappa shape index (κ1) is 17.9. The Morgan fingerprint density at radius 1 is 1.15 bits per heavy atom. The molecule has 3 heteroatoms. The first-order chi connectivity index (χ1) is 9.62.